The second-order valence-corrected chi connectivity index (χ2v) is 5.42. The molecule has 1 aromatic carbocycles. The Labute approximate surface area is 127 Å². The van der Waals surface area contributed by atoms with Crippen molar-refractivity contribution in [1.29, 1.82) is 0 Å². The predicted molar refractivity (Wildman–Crippen MR) is 86.3 cm³/mol. The first kappa shape index (κ1) is 17.2. The SMILES string of the molecule is CCCCN(CCC)C(=O)C(=O)Nc1ccc(C)cc1C. The largest absolute Gasteiger partial charge is 0.334 e. The first-order valence-corrected chi connectivity index (χ1v) is 7.67. The first-order valence-electron chi connectivity index (χ1n) is 7.67. The second kappa shape index (κ2) is 8.45. The van der Waals surface area contributed by atoms with Crippen molar-refractivity contribution in [3.05, 3.63) is 29.3 Å². The minimum Gasteiger partial charge on any atom is -0.334 e. The van der Waals surface area contributed by atoms with Crippen LogP contribution in [-0.2, 0) is 9.59 Å². The molecule has 2 amide bonds. The third kappa shape index (κ3) is 5.21. The van der Waals surface area contributed by atoms with Gasteiger partial charge in [0, 0.05) is 18.8 Å². The number of rotatable bonds is 6. The van der Waals surface area contributed by atoms with Crippen molar-refractivity contribution in [2.75, 3.05) is 18.4 Å². The van der Waals surface area contributed by atoms with Crippen LogP contribution in [0.25, 0.3) is 0 Å². The van der Waals surface area contributed by atoms with E-state index >= 15 is 0 Å². The number of amides is 2. The van der Waals surface area contributed by atoms with Gasteiger partial charge in [0.1, 0.15) is 0 Å². The quantitative estimate of drug-likeness (QED) is 0.817. The second-order valence-electron chi connectivity index (χ2n) is 5.42. The fraction of sp³-hybridized carbons (Fsp3) is 0.529. The van der Waals surface area contributed by atoms with Gasteiger partial charge in [0.15, 0.2) is 0 Å². The van der Waals surface area contributed by atoms with Crippen molar-refractivity contribution in [2.45, 2.75) is 47.0 Å². The maximum atomic E-state index is 12.2. The van der Waals surface area contributed by atoms with E-state index in [9.17, 15) is 9.59 Å². The van der Waals surface area contributed by atoms with Crippen LogP contribution in [0.3, 0.4) is 0 Å². The summed E-state index contributed by atoms with van der Waals surface area (Å²) in [5.74, 6) is -0.989. The van der Waals surface area contributed by atoms with Gasteiger partial charge in [0.2, 0.25) is 0 Å². The van der Waals surface area contributed by atoms with Crippen LogP contribution in [0.2, 0.25) is 0 Å². The average molecular weight is 290 g/mol. The molecule has 0 aliphatic carbocycles. The van der Waals surface area contributed by atoms with E-state index in [0.29, 0.717) is 18.8 Å². The Kier molecular flexibility index (Phi) is 6.92. The topological polar surface area (TPSA) is 49.4 Å². The van der Waals surface area contributed by atoms with Gasteiger partial charge in [-0.05, 0) is 38.3 Å². The fourth-order valence-electron chi connectivity index (χ4n) is 2.21. The molecule has 1 aromatic rings. The zero-order valence-electron chi connectivity index (χ0n) is 13.5. The molecule has 0 saturated carbocycles. The third-order valence-electron chi connectivity index (χ3n) is 3.39. The number of carbonyl (C=O) groups is 2. The lowest BCUT2D eigenvalue weighted by Crippen LogP contribution is -2.40. The number of hydrogen-bond acceptors (Lipinski definition) is 2. The van der Waals surface area contributed by atoms with Crippen molar-refractivity contribution in [2.24, 2.45) is 0 Å². The third-order valence-corrected chi connectivity index (χ3v) is 3.39. The molecule has 4 nitrogen and oxygen atoms in total. The summed E-state index contributed by atoms with van der Waals surface area (Å²) in [5, 5.41) is 2.72. The number of hydrogen-bond donors (Lipinski definition) is 1. The molecule has 0 aromatic heterocycles. The summed E-state index contributed by atoms with van der Waals surface area (Å²) in [4.78, 5) is 26.0. The van der Waals surface area contributed by atoms with Crippen molar-refractivity contribution < 1.29 is 9.59 Å². The normalized spacial score (nSPS) is 10.3. The van der Waals surface area contributed by atoms with E-state index in [0.717, 1.165) is 30.4 Å². The van der Waals surface area contributed by atoms with E-state index in [-0.39, 0.29) is 0 Å². The molecular formula is C17H26N2O2. The van der Waals surface area contributed by atoms with Crippen LogP contribution in [0.15, 0.2) is 18.2 Å². The molecule has 21 heavy (non-hydrogen) atoms. The number of benzene rings is 1. The van der Waals surface area contributed by atoms with Gasteiger partial charge in [-0.15, -0.1) is 0 Å². The fourth-order valence-corrected chi connectivity index (χ4v) is 2.21. The zero-order chi connectivity index (χ0) is 15.8. The smallest absolute Gasteiger partial charge is 0.313 e. The van der Waals surface area contributed by atoms with E-state index in [1.807, 2.05) is 39.0 Å². The van der Waals surface area contributed by atoms with E-state index < -0.39 is 11.8 Å². The highest BCUT2D eigenvalue weighted by Gasteiger charge is 2.21. The average Bonchev–Trinajstić information content (AvgIpc) is 2.45. The summed E-state index contributed by atoms with van der Waals surface area (Å²) in [6.07, 6.45) is 2.78. The van der Waals surface area contributed by atoms with Gasteiger partial charge < -0.3 is 10.2 Å². The number of anilines is 1. The minimum atomic E-state index is -0.550. The predicted octanol–water partition coefficient (Wildman–Crippen LogP) is 3.28. The van der Waals surface area contributed by atoms with Crippen molar-refractivity contribution >= 4 is 17.5 Å². The molecule has 0 aliphatic heterocycles. The van der Waals surface area contributed by atoms with Crippen LogP contribution in [0.4, 0.5) is 5.69 Å². The lowest BCUT2D eigenvalue weighted by Gasteiger charge is -2.21. The summed E-state index contributed by atoms with van der Waals surface area (Å²) in [5.41, 5.74) is 2.80. The molecule has 0 spiro atoms. The number of aryl methyl sites for hydroxylation is 2. The molecule has 0 heterocycles. The van der Waals surface area contributed by atoms with E-state index in [1.54, 1.807) is 4.90 Å². The Morgan fingerprint density at radius 1 is 1.10 bits per heavy atom. The maximum Gasteiger partial charge on any atom is 0.313 e. The van der Waals surface area contributed by atoms with Crippen molar-refractivity contribution in [3.8, 4) is 0 Å². The summed E-state index contributed by atoms with van der Waals surface area (Å²) < 4.78 is 0. The maximum absolute atomic E-state index is 12.2. The number of nitrogens with one attached hydrogen (secondary N) is 1. The van der Waals surface area contributed by atoms with Gasteiger partial charge in [-0.3, -0.25) is 9.59 Å². The monoisotopic (exact) mass is 290 g/mol. The summed E-state index contributed by atoms with van der Waals surface area (Å²) in [7, 11) is 0. The molecule has 0 aliphatic rings. The van der Waals surface area contributed by atoms with Gasteiger partial charge in [0.05, 0.1) is 0 Å². The molecule has 0 saturated heterocycles. The highest BCUT2D eigenvalue weighted by molar-refractivity contribution is 6.39. The lowest BCUT2D eigenvalue weighted by molar-refractivity contribution is -0.143. The summed E-state index contributed by atoms with van der Waals surface area (Å²) in [6, 6.07) is 5.75. The highest BCUT2D eigenvalue weighted by atomic mass is 16.2. The van der Waals surface area contributed by atoms with Crippen LogP contribution < -0.4 is 5.32 Å². The van der Waals surface area contributed by atoms with Crippen LogP contribution in [-0.4, -0.2) is 29.8 Å². The molecule has 0 atom stereocenters. The van der Waals surface area contributed by atoms with Crippen LogP contribution in [0, 0.1) is 13.8 Å². The number of carbonyl (C=O) groups excluding carboxylic acids is 2. The van der Waals surface area contributed by atoms with Gasteiger partial charge in [-0.1, -0.05) is 38.0 Å². The zero-order valence-corrected chi connectivity index (χ0v) is 13.5. The Morgan fingerprint density at radius 3 is 2.38 bits per heavy atom. The summed E-state index contributed by atoms with van der Waals surface area (Å²) >= 11 is 0. The van der Waals surface area contributed by atoms with Gasteiger partial charge in [-0.25, -0.2) is 0 Å². The van der Waals surface area contributed by atoms with Crippen LogP contribution in [0.5, 0.6) is 0 Å². The molecule has 0 radical (unpaired) electrons. The van der Waals surface area contributed by atoms with Gasteiger partial charge in [-0.2, -0.15) is 0 Å². The van der Waals surface area contributed by atoms with Crippen molar-refractivity contribution in [1.82, 2.24) is 4.90 Å². The standard InChI is InChI=1S/C17H26N2O2/c1-5-7-11-19(10-6-2)17(21)16(20)18-15-9-8-13(3)12-14(15)4/h8-9,12H,5-7,10-11H2,1-4H3,(H,18,20). The molecular weight excluding hydrogens is 264 g/mol. The van der Waals surface area contributed by atoms with Gasteiger partial charge in [0.25, 0.3) is 0 Å². The summed E-state index contributed by atoms with van der Waals surface area (Å²) in [6.45, 7) is 9.27. The lowest BCUT2D eigenvalue weighted by atomic mass is 10.1. The first-order chi connectivity index (χ1) is 9.99. The van der Waals surface area contributed by atoms with E-state index in [2.05, 4.69) is 12.2 Å². The molecule has 116 valence electrons. The van der Waals surface area contributed by atoms with Crippen LogP contribution >= 0.6 is 0 Å². The Morgan fingerprint density at radius 2 is 1.81 bits per heavy atom. The number of unbranched alkanes of at least 4 members (excludes halogenated alkanes) is 1. The molecule has 0 unspecified atom stereocenters. The van der Waals surface area contributed by atoms with Crippen LogP contribution in [0.1, 0.15) is 44.2 Å². The van der Waals surface area contributed by atoms with Crippen molar-refractivity contribution in [3.63, 3.8) is 0 Å². The molecule has 4 heteroatoms. The van der Waals surface area contributed by atoms with Gasteiger partial charge >= 0.3 is 11.8 Å². The molecule has 1 rings (SSSR count). The highest BCUT2D eigenvalue weighted by Crippen LogP contribution is 2.16. The molecule has 0 fully saturated rings. The molecule has 0 bridgehead atoms. The number of nitrogens with zero attached hydrogens (tertiary/aromatic N) is 1. The Balaban J connectivity index is 2.73. The minimum absolute atomic E-state index is 0.440. The Bertz CT molecular complexity index is 498. The van der Waals surface area contributed by atoms with E-state index in [4.69, 9.17) is 0 Å². The Hall–Kier alpha value is -1.84. The molecule has 1 N–H and O–H groups in total. The van der Waals surface area contributed by atoms with E-state index in [1.165, 1.54) is 0 Å².